The lowest BCUT2D eigenvalue weighted by molar-refractivity contribution is 0.148. The van der Waals surface area contributed by atoms with Crippen LogP contribution < -0.4 is 5.32 Å². The first-order valence-corrected chi connectivity index (χ1v) is 11.1. The number of anilines is 1. The molecule has 31 heavy (non-hydrogen) atoms. The summed E-state index contributed by atoms with van der Waals surface area (Å²) < 4.78 is 0. The van der Waals surface area contributed by atoms with Gasteiger partial charge in [-0.3, -0.25) is 4.90 Å². The molecule has 0 spiro atoms. The second-order valence-corrected chi connectivity index (χ2v) is 8.94. The molecule has 2 atom stereocenters. The molecule has 5 rings (SSSR count). The lowest BCUT2D eigenvalue weighted by atomic mass is 9.88. The minimum atomic E-state index is 0.222. The predicted octanol–water partition coefficient (Wildman–Crippen LogP) is 4.15. The van der Waals surface area contributed by atoms with Crippen molar-refractivity contribution in [3.8, 4) is 16.9 Å². The van der Waals surface area contributed by atoms with E-state index < -0.39 is 0 Å². The predicted molar refractivity (Wildman–Crippen MR) is 125 cm³/mol. The van der Waals surface area contributed by atoms with Crippen LogP contribution in [0.2, 0.25) is 0 Å². The van der Waals surface area contributed by atoms with Crippen LogP contribution in [0.4, 0.5) is 5.82 Å². The fourth-order valence-electron chi connectivity index (χ4n) is 4.78. The second-order valence-electron chi connectivity index (χ2n) is 8.94. The number of hydrogen-bond acceptors (Lipinski definition) is 5. The Kier molecular flexibility index (Phi) is 5.38. The molecule has 5 heteroatoms. The normalized spacial score (nSPS) is 21.6. The van der Waals surface area contributed by atoms with E-state index >= 15 is 0 Å². The molecule has 2 aliphatic heterocycles. The molecule has 0 saturated carbocycles. The highest BCUT2D eigenvalue weighted by Crippen LogP contribution is 2.41. The van der Waals surface area contributed by atoms with Crippen LogP contribution in [0.1, 0.15) is 29.5 Å². The first-order chi connectivity index (χ1) is 15.1. The van der Waals surface area contributed by atoms with Gasteiger partial charge in [0.2, 0.25) is 0 Å². The molecule has 1 saturated heterocycles. The van der Waals surface area contributed by atoms with Gasteiger partial charge in [-0.2, -0.15) is 0 Å². The summed E-state index contributed by atoms with van der Waals surface area (Å²) in [6, 6.07) is 19.0. The van der Waals surface area contributed by atoms with Gasteiger partial charge in [0.05, 0.1) is 0 Å². The van der Waals surface area contributed by atoms with E-state index in [0.717, 1.165) is 44.1 Å². The van der Waals surface area contributed by atoms with E-state index in [1.807, 2.05) is 18.3 Å². The third kappa shape index (κ3) is 4.16. The Morgan fingerprint density at radius 2 is 1.68 bits per heavy atom. The second kappa shape index (κ2) is 8.33. The van der Waals surface area contributed by atoms with Crippen molar-refractivity contribution >= 4 is 5.82 Å². The van der Waals surface area contributed by atoms with E-state index in [1.165, 1.54) is 22.3 Å². The molecular weight excluding hydrogens is 384 g/mol. The minimum Gasteiger partial charge on any atom is -0.508 e. The number of rotatable bonds is 4. The van der Waals surface area contributed by atoms with Gasteiger partial charge < -0.3 is 15.3 Å². The lowest BCUT2D eigenvalue weighted by Gasteiger charge is -2.32. The molecule has 2 aromatic carbocycles. The fraction of sp³-hybridized carbons (Fsp3) is 0.346. The molecule has 0 bridgehead atoms. The molecule has 2 aliphatic rings. The maximum absolute atomic E-state index is 9.66. The van der Waals surface area contributed by atoms with Gasteiger partial charge in [-0.15, -0.1) is 0 Å². The van der Waals surface area contributed by atoms with Crippen LogP contribution >= 0.6 is 0 Å². The van der Waals surface area contributed by atoms with E-state index in [0.29, 0.717) is 5.75 Å². The number of likely N-dealkylation sites (N-methyl/N-ethyl adjacent to an activating group) is 1. The summed E-state index contributed by atoms with van der Waals surface area (Å²) in [5.74, 6) is 1.48. The highest BCUT2D eigenvalue weighted by atomic mass is 16.3. The Labute approximate surface area is 184 Å². The zero-order valence-corrected chi connectivity index (χ0v) is 18.3. The molecule has 1 fully saturated rings. The standard InChI is InChI=1S/C26H30N4O/c1-18-25(21-7-9-23(31)10-8-21)24-15-22(16-27-26(24)28-18)20-5-3-19(4-6-20)17-30-13-11-29(2)12-14-30/h3-10,15-16,18,25,31H,11-14,17H2,1-2H3,(H,27,28). The van der Waals surface area contributed by atoms with Crippen LogP contribution in [-0.2, 0) is 6.54 Å². The molecule has 0 amide bonds. The van der Waals surface area contributed by atoms with Gasteiger partial charge in [0.15, 0.2) is 0 Å². The van der Waals surface area contributed by atoms with Gasteiger partial charge in [0.1, 0.15) is 11.6 Å². The van der Waals surface area contributed by atoms with Crippen molar-refractivity contribution in [2.75, 3.05) is 38.5 Å². The summed E-state index contributed by atoms with van der Waals surface area (Å²) in [5.41, 5.74) is 6.11. The van der Waals surface area contributed by atoms with Crippen molar-refractivity contribution in [2.24, 2.45) is 0 Å². The maximum Gasteiger partial charge on any atom is 0.130 e. The van der Waals surface area contributed by atoms with Crippen molar-refractivity contribution in [2.45, 2.75) is 25.4 Å². The zero-order valence-electron chi connectivity index (χ0n) is 18.3. The molecule has 3 heterocycles. The lowest BCUT2D eigenvalue weighted by Crippen LogP contribution is -2.43. The van der Waals surface area contributed by atoms with Crippen molar-refractivity contribution in [1.29, 1.82) is 0 Å². The summed E-state index contributed by atoms with van der Waals surface area (Å²) in [4.78, 5) is 9.65. The van der Waals surface area contributed by atoms with E-state index in [4.69, 9.17) is 4.98 Å². The van der Waals surface area contributed by atoms with Crippen LogP contribution in [0.15, 0.2) is 60.8 Å². The molecule has 1 aromatic heterocycles. The summed E-state index contributed by atoms with van der Waals surface area (Å²) in [5, 5.41) is 13.2. The Balaban J connectivity index is 1.36. The third-order valence-electron chi connectivity index (χ3n) is 6.66. The Morgan fingerprint density at radius 3 is 2.39 bits per heavy atom. The van der Waals surface area contributed by atoms with Crippen molar-refractivity contribution < 1.29 is 5.11 Å². The monoisotopic (exact) mass is 414 g/mol. The maximum atomic E-state index is 9.66. The van der Waals surface area contributed by atoms with Gasteiger partial charge in [-0.1, -0.05) is 36.4 Å². The van der Waals surface area contributed by atoms with Crippen LogP contribution in [0.25, 0.3) is 11.1 Å². The van der Waals surface area contributed by atoms with E-state index in [1.54, 1.807) is 12.1 Å². The Morgan fingerprint density at radius 1 is 0.968 bits per heavy atom. The fourth-order valence-corrected chi connectivity index (χ4v) is 4.78. The smallest absolute Gasteiger partial charge is 0.130 e. The topological polar surface area (TPSA) is 51.6 Å². The number of phenols is 1. The van der Waals surface area contributed by atoms with Crippen LogP contribution in [0.3, 0.4) is 0 Å². The first kappa shape index (κ1) is 20.0. The number of aromatic nitrogens is 1. The van der Waals surface area contributed by atoms with Crippen molar-refractivity contribution in [3.05, 3.63) is 77.5 Å². The number of nitrogens with one attached hydrogen (secondary N) is 1. The highest BCUT2D eigenvalue weighted by molar-refractivity contribution is 5.69. The van der Waals surface area contributed by atoms with Crippen LogP contribution in [-0.4, -0.2) is 59.2 Å². The van der Waals surface area contributed by atoms with E-state index in [9.17, 15) is 5.11 Å². The molecule has 0 aliphatic carbocycles. The number of piperazine rings is 1. The summed E-state index contributed by atoms with van der Waals surface area (Å²) in [7, 11) is 2.19. The molecule has 160 valence electrons. The molecule has 3 aromatic rings. The average molecular weight is 415 g/mol. The van der Waals surface area contributed by atoms with Crippen LogP contribution in [0, 0.1) is 0 Å². The average Bonchev–Trinajstić information content (AvgIpc) is 3.11. The molecule has 0 radical (unpaired) electrons. The van der Waals surface area contributed by atoms with E-state index in [2.05, 4.69) is 59.4 Å². The molecule has 2 unspecified atom stereocenters. The summed E-state index contributed by atoms with van der Waals surface area (Å²) in [6.07, 6.45) is 1.97. The number of nitrogens with zero attached hydrogens (tertiary/aromatic N) is 3. The zero-order chi connectivity index (χ0) is 21.4. The molecule has 2 N–H and O–H groups in total. The number of aromatic hydroxyl groups is 1. The number of pyridine rings is 1. The SMILES string of the molecule is CC1Nc2ncc(-c3ccc(CN4CCN(C)CC4)cc3)cc2C1c1ccc(O)cc1. The number of fused-ring (bicyclic) bond motifs is 1. The number of hydrogen-bond donors (Lipinski definition) is 2. The van der Waals surface area contributed by atoms with Gasteiger partial charge in [-0.25, -0.2) is 4.98 Å². The van der Waals surface area contributed by atoms with Gasteiger partial charge in [0.25, 0.3) is 0 Å². The molecule has 5 nitrogen and oxygen atoms in total. The van der Waals surface area contributed by atoms with Gasteiger partial charge in [-0.05, 0) is 48.9 Å². The highest BCUT2D eigenvalue weighted by Gasteiger charge is 2.31. The Bertz CT molecular complexity index is 1040. The van der Waals surface area contributed by atoms with Crippen molar-refractivity contribution in [3.63, 3.8) is 0 Å². The summed E-state index contributed by atoms with van der Waals surface area (Å²) in [6.45, 7) is 7.77. The molecular formula is C26H30N4O. The first-order valence-electron chi connectivity index (χ1n) is 11.1. The van der Waals surface area contributed by atoms with Crippen molar-refractivity contribution in [1.82, 2.24) is 14.8 Å². The van der Waals surface area contributed by atoms with Gasteiger partial charge in [0, 0.05) is 62.0 Å². The Hall–Kier alpha value is -2.89. The summed E-state index contributed by atoms with van der Waals surface area (Å²) >= 11 is 0. The quantitative estimate of drug-likeness (QED) is 0.672. The largest absolute Gasteiger partial charge is 0.508 e. The number of phenolic OH excluding ortho intramolecular Hbond substituents is 1. The number of benzene rings is 2. The minimum absolute atomic E-state index is 0.222. The van der Waals surface area contributed by atoms with Crippen LogP contribution in [0.5, 0.6) is 5.75 Å². The third-order valence-corrected chi connectivity index (χ3v) is 6.66. The van der Waals surface area contributed by atoms with E-state index in [-0.39, 0.29) is 12.0 Å². The van der Waals surface area contributed by atoms with Gasteiger partial charge >= 0.3 is 0 Å².